The Morgan fingerprint density at radius 2 is 1.91 bits per heavy atom. The number of aliphatic hydroxyl groups is 1. The highest BCUT2D eigenvalue weighted by molar-refractivity contribution is 8.02. The van der Waals surface area contributed by atoms with Crippen LogP contribution in [0.5, 0.6) is 0 Å². The van der Waals surface area contributed by atoms with Gasteiger partial charge in [-0.3, -0.25) is 14.4 Å². The zero-order valence-electron chi connectivity index (χ0n) is 18.8. The van der Waals surface area contributed by atoms with Gasteiger partial charge in [0, 0.05) is 31.5 Å². The summed E-state index contributed by atoms with van der Waals surface area (Å²) in [6.45, 7) is 3.07. The number of nitrogens with one attached hydrogen (secondary N) is 2. The molecule has 3 heterocycles. The van der Waals surface area contributed by atoms with Gasteiger partial charge in [-0.25, -0.2) is 0 Å². The van der Waals surface area contributed by atoms with Gasteiger partial charge in [0.05, 0.1) is 16.6 Å². The maximum atomic E-state index is 13.7. The molecule has 0 aromatic heterocycles. The number of likely N-dealkylation sites (tertiary alicyclic amines) is 1. The predicted molar refractivity (Wildman–Crippen MR) is 124 cm³/mol. The maximum absolute atomic E-state index is 13.7. The van der Waals surface area contributed by atoms with Gasteiger partial charge in [-0.05, 0) is 44.6 Å². The number of fused-ring (bicyclic) bond motifs is 1. The van der Waals surface area contributed by atoms with Crippen LogP contribution in [0.4, 0.5) is 0 Å². The number of hydrogen-bond donors (Lipinski definition) is 3. The van der Waals surface area contributed by atoms with Gasteiger partial charge in [0.2, 0.25) is 17.7 Å². The summed E-state index contributed by atoms with van der Waals surface area (Å²) >= 11 is 1.69. The van der Waals surface area contributed by atoms with Crippen molar-refractivity contribution in [3.8, 4) is 0 Å². The minimum Gasteiger partial charge on any atom is -0.396 e. The van der Waals surface area contributed by atoms with Crippen LogP contribution in [0.2, 0.25) is 0 Å². The Hall–Kier alpha value is -2.06. The molecule has 3 saturated heterocycles. The highest BCUT2D eigenvalue weighted by Crippen LogP contribution is 2.71. The summed E-state index contributed by atoms with van der Waals surface area (Å²) in [6.07, 6.45) is 3.77. The van der Waals surface area contributed by atoms with Crippen molar-refractivity contribution in [2.75, 3.05) is 20.2 Å². The second-order valence-electron chi connectivity index (χ2n) is 9.36. The van der Waals surface area contributed by atoms with Crippen molar-refractivity contribution in [3.63, 3.8) is 0 Å². The van der Waals surface area contributed by atoms with Gasteiger partial charge in [0.25, 0.3) is 0 Å². The molecule has 5 atom stereocenters. The van der Waals surface area contributed by atoms with E-state index in [4.69, 9.17) is 5.11 Å². The molecule has 3 fully saturated rings. The van der Waals surface area contributed by atoms with Gasteiger partial charge in [0.15, 0.2) is 0 Å². The first-order valence-electron chi connectivity index (χ1n) is 11.5. The van der Waals surface area contributed by atoms with Gasteiger partial charge in [-0.15, -0.1) is 11.8 Å². The largest absolute Gasteiger partial charge is 0.396 e. The Morgan fingerprint density at radius 1 is 1.16 bits per heavy atom. The molecular formula is C24H33N3O4S. The summed E-state index contributed by atoms with van der Waals surface area (Å²) in [5, 5.41) is 14.9. The molecule has 2 bridgehead atoms. The molecule has 32 heavy (non-hydrogen) atoms. The number of unbranched alkanes of at least 4 members (excludes halogenated alkanes) is 2. The van der Waals surface area contributed by atoms with E-state index >= 15 is 0 Å². The van der Waals surface area contributed by atoms with Crippen molar-refractivity contribution in [1.82, 2.24) is 15.5 Å². The summed E-state index contributed by atoms with van der Waals surface area (Å²) in [5.41, 5.74) is 1.01. The first-order chi connectivity index (χ1) is 15.4. The fraction of sp³-hybridized carbons (Fsp3) is 0.625. The first-order valence-corrected chi connectivity index (χ1v) is 12.3. The Bertz CT molecular complexity index is 881. The Kier molecular flexibility index (Phi) is 6.54. The highest BCUT2D eigenvalue weighted by Gasteiger charge is 2.76. The third-order valence-electron chi connectivity index (χ3n) is 7.42. The number of rotatable bonds is 9. The summed E-state index contributed by atoms with van der Waals surface area (Å²) in [5.74, 6) is -1.22. The molecule has 174 valence electrons. The van der Waals surface area contributed by atoms with E-state index in [2.05, 4.69) is 17.6 Å². The van der Waals surface area contributed by atoms with Crippen molar-refractivity contribution in [2.24, 2.45) is 11.8 Å². The Morgan fingerprint density at radius 3 is 2.59 bits per heavy atom. The van der Waals surface area contributed by atoms with E-state index < -0.39 is 22.6 Å². The zero-order chi connectivity index (χ0) is 22.9. The average molecular weight is 460 g/mol. The van der Waals surface area contributed by atoms with Crippen LogP contribution < -0.4 is 10.6 Å². The molecule has 1 aromatic rings. The zero-order valence-corrected chi connectivity index (χ0v) is 19.6. The number of nitrogens with zero attached hydrogens (tertiary/aromatic N) is 1. The quantitative estimate of drug-likeness (QED) is 0.488. The molecule has 8 heteroatoms. The van der Waals surface area contributed by atoms with E-state index in [1.165, 1.54) is 0 Å². The molecule has 3 aliphatic heterocycles. The minimum atomic E-state index is -0.584. The second-order valence-corrected chi connectivity index (χ2v) is 11.3. The molecular weight excluding hydrogens is 426 g/mol. The molecule has 3 N–H and O–H groups in total. The van der Waals surface area contributed by atoms with Crippen molar-refractivity contribution >= 4 is 29.5 Å². The molecule has 7 nitrogen and oxygen atoms in total. The fourth-order valence-electron chi connectivity index (χ4n) is 5.98. The van der Waals surface area contributed by atoms with Gasteiger partial charge in [-0.2, -0.15) is 0 Å². The molecule has 3 amide bonds. The lowest BCUT2D eigenvalue weighted by molar-refractivity contribution is -0.140. The van der Waals surface area contributed by atoms with Crippen LogP contribution in [0, 0.1) is 11.8 Å². The van der Waals surface area contributed by atoms with Crippen LogP contribution in [-0.2, 0) is 20.9 Å². The lowest BCUT2D eigenvalue weighted by Crippen LogP contribution is -2.53. The third kappa shape index (κ3) is 3.71. The van der Waals surface area contributed by atoms with Crippen molar-refractivity contribution in [1.29, 1.82) is 0 Å². The molecule has 1 spiro atoms. The number of carbonyl (C=O) groups is 3. The molecule has 2 unspecified atom stereocenters. The van der Waals surface area contributed by atoms with E-state index in [1.807, 2.05) is 30.3 Å². The Balaban J connectivity index is 1.62. The summed E-state index contributed by atoms with van der Waals surface area (Å²) in [6, 6.07) is 9.15. The topological polar surface area (TPSA) is 98.7 Å². The standard InChI is InChI=1S/C24H33N3O4S/c1-23-11-12-24(32-23)18(17(23)20(29)25-2)22(31)27(13-7-4-8-14-28)19(24)21(30)26-15-16-9-5-3-6-10-16/h3,5-6,9-10,17-19,28H,4,7-8,11-15H2,1-2H3,(H,25,29)(H,26,30)/t17-,18+,19?,23+,24?/m1/s1. The lowest BCUT2D eigenvalue weighted by atomic mass is 9.66. The lowest BCUT2D eigenvalue weighted by Gasteiger charge is -2.34. The van der Waals surface area contributed by atoms with Crippen molar-refractivity contribution < 1.29 is 19.5 Å². The predicted octanol–water partition coefficient (Wildman–Crippen LogP) is 1.69. The van der Waals surface area contributed by atoms with Crippen LogP contribution >= 0.6 is 11.8 Å². The van der Waals surface area contributed by atoms with Crippen LogP contribution in [0.3, 0.4) is 0 Å². The minimum absolute atomic E-state index is 0.0709. The maximum Gasteiger partial charge on any atom is 0.244 e. The van der Waals surface area contributed by atoms with Gasteiger partial charge in [0.1, 0.15) is 6.04 Å². The van der Waals surface area contributed by atoms with Gasteiger partial charge < -0.3 is 20.6 Å². The molecule has 0 saturated carbocycles. The van der Waals surface area contributed by atoms with E-state index in [1.54, 1.807) is 23.7 Å². The van der Waals surface area contributed by atoms with Crippen molar-refractivity contribution in [2.45, 2.75) is 61.1 Å². The van der Waals surface area contributed by atoms with E-state index in [-0.39, 0.29) is 29.1 Å². The van der Waals surface area contributed by atoms with E-state index in [0.29, 0.717) is 19.5 Å². The van der Waals surface area contributed by atoms with Crippen LogP contribution in [0.15, 0.2) is 30.3 Å². The smallest absolute Gasteiger partial charge is 0.244 e. The van der Waals surface area contributed by atoms with Crippen molar-refractivity contribution in [3.05, 3.63) is 35.9 Å². The van der Waals surface area contributed by atoms with Gasteiger partial charge in [-0.1, -0.05) is 30.3 Å². The number of hydrogen-bond acceptors (Lipinski definition) is 5. The van der Waals surface area contributed by atoms with Crippen LogP contribution in [0.1, 0.15) is 44.6 Å². The third-order valence-corrected chi connectivity index (χ3v) is 9.41. The number of amides is 3. The highest BCUT2D eigenvalue weighted by atomic mass is 32.2. The second kappa shape index (κ2) is 9.06. The normalized spacial score (nSPS) is 32.8. The number of benzene rings is 1. The monoisotopic (exact) mass is 459 g/mol. The summed E-state index contributed by atoms with van der Waals surface area (Å²) < 4.78 is -0.901. The summed E-state index contributed by atoms with van der Waals surface area (Å²) in [7, 11) is 1.62. The number of carbonyl (C=O) groups excluding carboxylic acids is 3. The first kappa shape index (κ1) is 23.1. The summed E-state index contributed by atoms with van der Waals surface area (Å²) in [4.78, 5) is 41.9. The van der Waals surface area contributed by atoms with E-state index in [9.17, 15) is 14.4 Å². The molecule has 0 aliphatic carbocycles. The molecule has 0 radical (unpaired) electrons. The molecule has 1 aromatic carbocycles. The average Bonchev–Trinajstić information content (AvgIpc) is 3.36. The number of thioether (sulfide) groups is 1. The Labute approximate surface area is 193 Å². The molecule has 4 rings (SSSR count). The van der Waals surface area contributed by atoms with Gasteiger partial charge >= 0.3 is 0 Å². The molecule has 3 aliphatic rings. The van der Waals surface area contributed by atoms with Crippen LogP contribution in [-0.4, -0.2) is 63.5 Å². The number of aliphatic hydroxyl groups excluding tert-OH is 1. The SMILES string of the molecule is CNC(=O)[C@H]1[C@H]2C(=O)N(CCCCCO)C(C(=O)NCc3ccccc3)C23CC[C@]1(C)S3. The van der Waals surface area contributed by atoms with E-state index in [0.717, 1.165) is 31.2 Å². The fourth-order valence-corrected chi connectivity index (χ4v) is 8.33. The van der Waals surface area contributed by atoms with Crippen LogP contribution in [0.25, 0.3) is 0 Å².